The van der Waals surface area contributed by atoms with Crippen molar-refractivity contribution in [2.45, 2.75) is 20.3 Å². The number of nitrogens with one attached hydrogen (secondary N) is 1. The SMILES string of the molecule is Cc1cc(C(=O)NCC(C)CCN)ccc1F. The monoisotopic (exact) mass is 238 g/mol. The number of aryl methyl sites for hydroxylation is 1. The molecule has 4 heteroatoms. The van der Waals surface area contributed by atoms with Crippen LogP contribution in [-0.4, -0.2) is 19.0 Å². The fraction of sp³-hybridized carbons (Fsp3) is 0.462. The highest BCUT2D eigenvalue weighted by Gasteiger charge is 2.09. The van der Waals surface area contributed by atoms with E-state index >= 15 is 0 Å². The first-order valence-electron chi connectivity index (χ1n) is 5.79. The first kappa shape index (κ1) is 13.6. The molecule has 0 bridgehead atoms. The normalized spacial score (nSPS) is 12.2. The topological polar surface area (TPSA) is 55.1 Å². The number of carbonyl (C=O) groups is 1. The summed E-state index contributed by atoms with van der Waals surface area (Å²) in [6.07, 6.45) is 0.878. The molecule has 1 atom stereocenters. The third-order valence-corrected chi connectivity index (χ3v) is 2.69. The lowest BCUT2D eigenvalue weighted by Crippen LogP contribution is -2.29. The Morgan fingerprint density at radius 1 is 1.53 bits per heavy atom. The molecule has 17 heavy (non-hydrogen) atoms. The molecule has 1 aromatic rings. The molecule has 1 aromatic carbocycles. The third-order valence-electron chi connectivity index (χ3n) is 2.69. The number of rotatable bonds is 5. The molecule has 0 fully saturated rings. The van der Waals surface area contributed by atoms with Crippen molar-refractivity contribution in [2.24, 2.45) is 11.7 Å². The molecule has 3 nitrogen and oxygen atoms in total. The number of halogens is 1. The summed E-state index contributed by atoms with van der Waals surface area (Å²) in [6, 6.07) is 4.36. The Kier molecular flexibility index (Phi) is 5.10. The maximum atomic E-state index is 13.0. The first-order valence-corrected chi connectivity index (χ1v) is 5.79. The molecule has 0 heterocycles. The number of carbonyl (C=O) groups excluding carboxylic acids is 1. The molecule has 0 radical (unpaired) electrons. The summed E-state index contributed by atoms with van der Waals surface area (Å²) in [5, 5.41) is 2.81. The summed E-state index contributed by atoms with van der Waals surface area (Å²) in [7, 11) is 0. The van der Waals surface area contributed by atoms with E-state index in [1.54, 1.807) is 13.0 Å². The minimum atomic E-state index is -0.293. The van der Waals surface area contributed by atoms with Gasteiger partial charge in [0.25, 0.3) is 5.91 Å². The van der Waals surface area contributed by atoms with E-state index in [0.717, 1.165) is 6.42 Å². The molecule has 0 aliphatic carbocycles. The number of benzene rings is 1. The van der Waals surface area contributed by atoms with Crippen LogP contribution in [0.15, 0.2) is 18.2 Å². The summed E-state index contributed by atoms with van der Waals surface area (Å²) in [5.74, 6) is -0.111. The number of hydrogen-bond acceptors (Lipinski definition) is 2. The van der Waals surface area contributed by atoms with E-state index in [4.69, 9.17) is 5.73 Å². The minimum absolute atomic E-state index is 0.169. The standard InChI is InChI=1S/C13H19FN2O/c1-9(5-6-15)8-16-13(17)11-3-4-12(14)10(2)7-11/h3-4,7,9H,5-6,8,15H2,1-2H3,(H,16,17). The zero-order chi connectivity index (χ0) is 12.8. The average Bonchev–Trinajstić information content (AvgIpc) is 2.30. The minimum Gasteiger partial charge on any atom is -0.352 e. The van der Waals surface area contributed by atoms with Crippen LogP contribution in [0.5, 0.6) is 0 Å². The fourth-order valence-electron chi connectivity index (χ4n) is 1.54. The molecule has 0 aromatic heterocycles. The van der Waals surface area contributed by atoms with E-state index in [9.17, 15) is 9.18 Å². The van der Waals surface area contributed by atoms with Crippen LogP contribution >= 0.6 is 0 Å². The smallest absolute Gasteiger partial charge is 0.251 e. The Balaban J connectivity index is 2.55. The predicted molar refractivity (Wildman–Crippen MR) is 66.3 cm³/mol. The molecule has 0 spiro atoms. The average molecular weight is 238 g/mol. The second-order valence-corrected chi connectivity index (χ2v) is 4.36. The lowest BCUT2D eigenvalue weighted by molar-refractivity contribution is 0.0947. The fourth-order valence-corrected chi connectivity index (χ4v) is 1.54. The van der Waals surface area contributed by atoms with Crippen LogP contribution in [0.2, 0.25) is 0 Å². The molecule has 0 aliphatic heterocycles. The van der Waals surface area contributed by atoms with Crippen molar-refractivity contribution in [1.29, 1.82) is 0 Å². The first-order chi connectivity index (χ1) is 8.04. The van der Waals surface area contributed by atoms with E-state index in [1.807, 2.05) is 6.92 Å². The molecule has 94 valence electrons. The molecule has 0 aliphatic rings. The van der Waals surface area contributed by atoms with Gasteiger partial charge in [0.15, 0.2) is 0 Å². The molecule has 1 unspecified atom stereocenters. The Labute approximate surface area is 101 Å². The largest absolute Gasteiger partial charge is 0.352 e. The van der Waals surface area contributed by atoms with E-state index in [0.29, 0.717) is 30.1 Å². The van der Waals surface area contributed by atoms with Gasteiger partial charge in [-0.25, -0.2) is 4.39 Å². The van der Waals surface area contributed by atoms with E-state index in [1.165, 1.54) is 12.1 Å². The van der Waals surface area contributed by atoms with E-state index in [-0.39, 0.29) is 11.7 Å². The van der Waals surface area contributed by atoms with Gasteiger partial charge in [0.05, 0.1) is 0 Å². The summed E-state index contributed by atoms with van der Waals surface area (Å²) < 4.78 is 13.0. The Hall–Kier alpha value is -1.42. The molecular formula is C13H19FN2O. The molecule has 1 amide bonds. The predicted octanol–water partition coefficient (Wildman–Crippen LogP) is 1.85. The summed E-state index contributed by atoms with van der Waals surface area (Å²) in [6.45, 7) is 4.88. The van der Waals surface area contributed by atoms with Crippen LogP contribution in [0.25, 0.3) is 0 Å². The summed E-state index contributed by atoms with van der Waals surface area (Å²) in [5.41, 5.74) is 6.40. The van der Waals surface area contributed by atoms with Crippen LogP contribution in [0.1, 0.15) is 29.3 Å². The third kappa shape index (κ3) is 4.15. The van der Waals surface area contributed by atoms with Gasteiger partial charge in [-0.3, -0.25) is 4.79 Å². The molecule has 1 rings (SSSR count). The van der Waals surface area contributed by atoms with E-state index < -0.39 is 0 Å². The molecule has 0 saturated carbocycles. The van der Waals surface area contributed by atoms with E-state index in [2.05, 4.69) is 5.32 Å². The van der Waals surface area contributed by atoms with Gasteiger partial charge in [0.1, 0.15) is 5.82 Å². The zero-order valence-corrected chi connectivity index (χ0v) is 10.3. The highest BCUT2D eigenvalue weighted by atomic mass is 19.1. The lowest BCUT2D eigenvalue weighted by atomic mass is 10.1. The number of hydrogen-bond donors (Lipinski definition) is 2. The van der Waals surface area contributed by atoms with Gasteiger partial charge in [0, 0.05) is 12.1 Å². The van der Waals surface area contributed by atoms with Crippen molar-refractivity contribution in [3.05, 3.63) is 35.1 Å². The van der Waals surface area contributed by atoms with Crippen molar-refractivity contribution in [1.82, 2.24) is 5.32 Å². The lowest BCUT2D eigenvalue weighted by Gasteiger charge is -2.11. The van der Waals surface area contributed by atoms with Gasteiger partial charge in [-0.1, -0.05) is 6.92 Å². The number of nitrogens with two attached hydrogens (primary N) is 1. The van der Waals surface area contributed by atoms with Gasteiger partial charge in [-0.15, -0.1) is 0 Å². The zero-order valence-electron chi connectivity index (χ0n) is 10.3. The molecule has 3 N–H and O–H groups in total. The second kappa shape index (κ2) is 6.35. The van der Waals surface area contributed by atoms with Gasteiger partial charge < -0.3 is 11.1 Å². The van der Waals surface area contributed by atoms with Crippen molar-refractivity contribution in [2.75, 3.05) is 13.1 Å². The quantitative estimate of drug-likeness (QED) is 0.822. The van der Waals surface area contributed by atoms with Gasteiger partial charge in [-0.2, -0.15) is 0 Å². The molecule has 0 saturated heterocycles. The van der Waals surface area contributed by atoms with Crippen molar-refractivity contribution in [3.8, 4) is 0 Å². The number of amides is 1. The highest BCUT2D eigenvalue weighted by Crippen LogP contribution is 2.09. The van der Waals surface area contributed by atoms with Crippen LogP contribution < -0.4 is 11.1 Å². The second-order valence-electron chi connectivity index (χ2n) is 4.36. The Morgan fingerprint density at radius 2 is 2.24 bits per heavy atom. The van der Waals surface area contributed by atoms with Gasteiger partial charge in [-0.05, 0) is 49.6 Å². The summed E-state index contributed by atoms with van der Waals surface area (Å²) >= 11 is 0. The maximum Gasteiger partial charge on any atom is 0.251 e. The van der Waals surface area contributed by atoms with Gasteiger partial charge in [0.2, 0.25) is 0 Å². The Morgan fingerprint density at radius 3 is 2.82 bits per heavy atom. The summed E-state index contributed by atoms with van der Waals surface area (Å²) in [4.78, 5) is 11.8. The van der Waals surface area contributed by atoms with Crippen LogP contribution in [0.4, 0.5) is 4.39 Å². The van der Waals surface area contributed by atoms with Crippen LogP contribution in [0.3, 0.4) is 0 Å². The Bertz CT molecular complexity index is 393. The molecular weight excluding hydrogens is 219 g/mol. The van der Waals surface area contributed by atoms with Crippen molar-refractivity contribution in [3.63, 3.8) is 0 Å². The van der Waals surface area contributed by atoms with Crippen molar-refractivity contribution < 1.29 is 9.18 Å². The van der Waals surface area contributed by atoms with Crippen LogP contribution in [0, 0.1) is 18.7 Å². The maximum absolute atomic E-state index is 13.0. The van der Waals surface area contributed by atoms with Crippen molar-refractivity contribution >= 4 is 5.91 Å². The highest BCUT2D eigenvalue weighted by molar-refractivity contribution is 5.94. The van der Waals surface area contributed by atoms with Crippen LogP contribution in [-0.2, 0) is 0 Å². The van der Waals surface area contributed by atoms with Gasteiger partial charge >= 0.3 is 0 Å².